The molecule has 1 aromatic rings. The highest BCUT2D eigenvalue weighted by atomic mass is 32.2. The molecule has 10 heteroatoms. The van der Waals surface area contributed by atoms with Crippen molar-refractivity contribution in [2.45, 2.75) is 24.3 Å². The van der Waals surface area contributed by atoms with Gasteiger partial charge >= 0.3 is 0 Å². The van der Waals surface area contributed by atoms with Crippen LogP contribution in [0.1, 0.15) is 12.8 Å². The molecule has 1 saturated heterocycles. The maximum absolute atomic E-state index is 12.5. The predicted octanol–water partition coefficient (Wildman–Crippen LogP) is -0.959. The van der Waals surface area contributed by atoms with Gasteiger partial charge in [-0.05, 0) is 19.4 Å². The van der Waals surface area contributed by atoms with E-state index in [1.54, 1.807) is 0 Å². The van der Waals surface area contributed by atoms with Gasteiger partial charge in [0.2, 0.25) is 10.0 Å². The molecule has 0 atom stereocenters. The summed E-state index contributed by atoms with van der Waals surface area (Å²) in [4.78, 5) is 0.0961. The van der Waals surface area contributed by atoms with Crippen LogP contribution in [0, 0.1) is 0 Å². The van der Waals surface area contributed by atoms with Crippen LogP contribution in [0.15, 0.2) is 17.3 Å². The van der Waals surface area contributed by atoms with Crippen molar-refractivity contribution in [1.29, 1.82) is 0 Å². The van der Waals surface area contributed by atoms with Crippen LogP contribution in [0.5, 0.6) is 0 Å². The second-order valence-electron chi connectivity index (χ2n) is 4.99. The van der Waals surface area contributed by atoms with Crippen LogP contribution in [-0.2, 0) is 26.4 Å². The third-order valence-corrected chi connectivity index (χ3v) is 6.92. The van der Waals surface area contributed by atoms with Gasteiger partial charge in [-0.3, -0.25) is 4.68 Å². The van der Waals surface area contributed by atoms with Crippen LogP contribution in [0.4, 0.5) is 0 Å². The van der Waals surface area contributed by atoms with Crippen molar-refractivity contribution in [1.82, 2.24) is 14.1 Å². The highest BCUT2D eigenvalue weighted by Crippen LogP contribution is 2.17. The lowest BCUT2D eigenvalue weighted by Crippen LogP contribution is -2.33. The summed E-state index contributed by atoms with van der Waals surface area (Å²) in [5.74, 6) is -0.0949. The van der Waals surface area contributed by atoms with Crippen LogP contribution >= 0.6 is 0 Å². The third kappa shape index (κ3) is 4.02. The van der Waals surface area contributed by atoms with Crippen LogP contribution in [0.3, 0.4) is 0 Å². The molecule has 0 amide bonds. The van der Waals surface area contributed by atoms with Crippen molar-refractivity contribution in [3.63, 3.8) is 0 Å². The van der Waals surface area contributed by atoms with Gasteiger partial charge in [0, 0.05) is 25.8 Å². The number of sulfone groups is 1. The highest BCUT2D eigenvalue weighted by molar-refractivity contribution is 7.91. The van der Waals surface area contributed by atoms with E-state index in [2.05, 4.69) is 5.10 Å². The smallest absolute Gasteiger partial charge is 0.246 e. The van der Waals surface area contributed by atoms with Gasteiger partial charge in [-0.2, -0.15) is 9.40 Å². The van der Waals surface area contributed by atoms with Crippen molar-refractivity contribution < 1.29 is 16.8 Å². The highest BCUT2D eigenvalue weighted by Gasteiger charge is 2.29. The summed E-state index contributed by atoms with van der Waals surface area (Å²) >= 11 is 0. The first kappa shape index (κ1) is 16.4. The number of hydrogen-bond donors (Lipinski definition) is 1. The van der Waals surface area contributed by atoms with E-state index >= 15 is 0 Å². The molecular formula is C11H20N4O4S2. The van der Waals surface area contributed by atoms with Crippen LogP contribution in [-0.4, -0.2) is 62.1 Å². The van der Waals surface area contributed by atoms with E-state index < -0.39 is 19.9 Å². The molecule has 1 aromatic heterocycles. The maximum Gasteiger partial charge on any atom is 0.246 e. The molecule has 1 aliphatic rings. The van der Waals surface area contributed by atoms with E-state index in [1.807, 2.05) is 0 Å². The molecule has 2 rings (SSSR count). The first-order chi connectivity index (χ1) is 9.85. The fraction of sp³-hybridized carbons (Fsp3) is 0.727. The summed E-state index contributed by atoms with van der Waals surface area (Å²) in [6.07, 6.45) is 3.79. The first-order valence-electron chi connectivity index (χ1n) is 6.78. The molecule has 0 aliphatic carbocycles. The van der Waals surface area contributed by atoms with E-state index in [0.29, 0.717) is 25.9 Å². The van der Waals surface area contributed by atoms with Crippen molar-refractivity contribution in [3.05, 3.63) is 12.4 Å². The van der Waals surface area contributed by atoms with Crippen LogP contribution < -0.4 is 5.73 Å². The Labute approximate surface area is 124 Å². The third-order valence-electron chi connectivity index (χ3n) is 3.35. The normalized spacial score (nSPS) is 20.2. The minimum Gasteiger partial charge on any atom is -0.330 e. The van der Waals surface area contributed by atoms with Crippen molar-refractivity contribution >= 4 is 19.9 Å². The average Bonchev–Trinajstić information content (AvgIpc) is 2.81. The van der Waals surface area contributed by atoms with Gasteiger partial charge in [0.05, 0.1) is 17.7 Å². The molecule has 0 saturated carbocycles. The Hall–Kier alpha value is -0.970. The largest absolute Gasteiger partial charge is 0.330 e. The fourth-order valence-corrected chi connectivity index (χ4v) is 4.98. The van der Waals surface area contributed by atoms with E-state index in [4.69, 9.17) is 5.73 Å². The van der Waals surface area contributed by atoms with Gasteiger partial charge in [-0.25, -0.2) is 16.8 Å². The van der Waals surface area contributed by atoms with E-state index in [0.717, 1.165) is 0 Å². The number of nitrogens with two attached hydrogens (primary N) is 1. The molecule has 0 spiro atoms. The van der Waals surface area contributed by atoms with Gasteiger partial charge in [0.1, 0.15) is 4.90 Å². The number of hydrogen-bond acceptors (Lipinski definition) is 6. The number of nitrogens with zero attached hydrogens (tertiary/aromatic N) is 3. The SMILES string of the molecule is NCCCn1cc(S(=O)(=O)N2CCCS(=O)(=O)CC2)cn1. The van der Waals surface area contributed by atoms with E-state index in [-0.39, 0.29) is 29.5 Å². The van der Waals surface area contributed by atoms with E-state index in [1.165, 1.54) is 21.4 Å². The first-order valence-corrected chi connectivity index (χ1v) is 10.0. The Morgan fingerprint density at radius 1 is 1.29 bits per heavy atom. The lowest BCUT2D eigenvalue weighted by Gasteiger charge is -2.17. The maximum atomic E-state index is 12.5. The Kier molecular flexibility index (Phi) is 5.02. The van der Waals surface area contributed by atoms with Gasteiger partial charge in [0.25, 0.3) is 0 Å². The standard InChI is InChI=1S/C11H20N4O4S2/c12-3-1-4-14-10-11(9-13-14)21(18,19)15-5-2-7-20(16,17)8-6-15/h9-10H,1-8,12H2. The topological polar surface area (TPSA) is 115 Å². The lowest BCUT2D eigenvalue weighted by atomic mass is 10.4. The Balaban J connectivity index is 2.15. The zero-order chi connectivity index (χ0) is 15.5. The number of aryl methyl sites for hydroxylation is 1. The average molecular weight is 336 g/mol. The Bertz CT molecular complexity index is 681. The molecule has 21 heavy (non-hydrogen) atoms. The molecule has 8 nitrogen and oxygen atoms in total. The summed E-state index contributed by atoms with van der Waals surface area (Å²) in [6, 6.07) is 0. The monoisotopic (exact) mass is 336 g/mol. The molecule has 0 bridgehead atoms. The summed E-state index contributed by atoms with van der Waals surface area (Å²) in [7, 11) is -6.83. The number of aromatic nitrogens is 2. The van der Waals surface area contributed by atoms with Crippen LogP contribution in [0.25, 0.3) is 0 Å². The zero-order valence-electron chi connectivity index (χ0n) is 11.7. The van der Waals surface area contributed by atoms with E-state index in [9.17, 15) is 16.8 Å². The molecule has 2 heterocycles. The molecule has 1 aliphatic heterocycles. The fourth-order valence-electron chi connectivity index (χ4n) is 2.16. The second kappa shape index (κ2) is 6.42. The summed E-state index contributed by atoms with van der Waals surface area (Å²) in [5.41, 5.74) is 5.40. The molecule has 1 fully saturated rings. The summed E-state index contributed by atoms with van der Waals surface area (Å²) < 4.78 is 50.8. The van der Waals surface area contributed by atoms with Crippen LogP contribution in [0.2, 0.25) is 0 Å². The minimum atomic E-state index is -3.69. The molecule has 0 aromatic carbocycles. The molecule has 0 unspecified atom stereocenters. The summed E-state index contributed by atoms with van der Waals surface area (Å²) in [5, 5.41) is 4.00. The summed E-state index contributed by atoms with van der Waals surface area (Å²) in [6.45, 7) is 1.28. The number of rotatable bonds is 5. The molecule has 120 valence electrons. The van der Waals surface area contributed by atoms with Crippen molar-refractivity contribution in [2.75, 3.05) is 31.1 Å². The quantitative estimate of drug-likeness (QED) is 0.740. The van der Waals surface area contributed by atoms with Gasteiger partial charge in [-0.15, -0.1) is 0 Å². The minimum absolute atomic E-state index is 0.00134. The second-order valence-corrected chi connectivity index (χ2v) is 9.23. The van der Waals surface area contributed by atoms with Gasteiger partial charge in [0.15, 0.2) is 9.84 Å². The Morgan fingerprint density at radius 3 is 2.76 bits per heavy atom. The zero-order valence-corrected chi connectivity index (χ0v) is 13.3. The van der Waals surface area contributed by atoms with Gasteiger partial charge in [-0.1, -0.05) is 0 Å². The Morgan fingerprint density at radius 2 is 2.05 bits per heavy atom. The predicted molar refractivity (Wildman–Crippen MR) is 77.9 cm³/mol. The lowest BCUT2D eigenvalue weighted by molar-refractivity contribution is 0.434. The number of sulfonamides is 1. The van der Waals surface area contributed by atoms with Crippen molar-refractivity contribution in [3.8, 4) is 0 Å². The molecule has 2 N–H and O–H groups in total. The molecular weight excluding hydrogens is 316 g/mol. The van der Waals surface area contributed by atoms with Gasteiger partial charge < -0.3 is 5.73 Å². The van der Waals surface area contributed by atoms with Crippen molar-refractivity contribution in [2.24, 2.45) is 5.73 Å². The molecule has 0 radical (unpaired) electrons.